The topological polar surface area (TPSA) is 100 Å². The van der Waals surface area contributed by atoms with Gasteiger partial charge >= 0.3 is 0 Å². The number of carbonyl (C=O) groups is 2. The Morgan fingerprint density at radius 1 is 1.10 bits per heavy atom. The van der Waals surface area contributed by atoms with Crippen molar-refractivity contribution in [3.8, 4) is 5.75 Å². The molecule has 41 heavy (non-hydrogen) atoms. The van der Waals surface area contributed by atoms with Crippen molar-refractivity contribution in [3.05, 3.63) is 84.0 Å². The van der Waals surface area contributed by atoms with Crippen LogP contribution >= 0.6 is 0 Å². The number of hydrogen-bond donors (Lipinski definition) is 1. The lowest BCUT2D eigenvalue weighted by Gasteiger charge is -2.40. The first-order chi connectivity index (χ1) is 19.7. The first-order valence-corrected chi connectivity index (χ1v) is 13.5. The van der Waals surface area contributed by atoms with Gasteiger partial charge in [-0.15, -0.1) is 0 Å². The molecule has 10 heteroatoms. The number of ketones is 1. The number of nitrogens with one attached hydrogen (secondary N) is 1. The van der Waals surface area contributed by atoms with E-state index in [-0.39, 0.29) is 17.8 Å². The molecule has 0 bridgehead atoms. The number of benzene rings is 2. The van der Waals surface area contributed by atoms with Gasteiger partial charge in [0.15, 0.2) is 0 Å². The second-order valence-electron chi connectivity index (χ2n) is 10.3. The quantitative estimate of drug-likeness (QED) is 0.250. The van der Waals surface area contributed by atoms with E-state index in [1.807, 2.05) is 57.5 Å². The number of hydrogen-bond acceptors (Lipinski definition) is 9. The highest BCUT2D eigenvalue weighted by molar-refractivity contribution is 6.07. The average Bonchev–Trinajstić information content (AvgIpc) is 2.95. The van der Waals surface area contributed by atoms with Crippen LogP contribution in [-0.4, -0.2) is 94.2 Å². The predicted molar refractivity (Wildman–Crippen MR) is 161 cm³/mol. The van der Waals surface area contributed by atoms with Crippen molar-refractivity contribution in [3.63, 3.8) is 0 Å². The first kappa shape index (κ1) is 29.7. The van der Waals surface area contributed by atoms with Gasteiger partial charge < -0.3 is 29.5 Å². The van der Waals surface area contributed by atoms with Gasteiger partial charge in [0, 0.05) is 75.8 Å². The maximum Gasteiger partial charge on any atom is 0.247 e. The molecule has 3 aromatic rings. The van der Waals surface area contributed by atoms with Crippen molar-refractivity contribution >= 4 is 28.8 Å². The predicted octanol–water partition coefficient (Wildman–Crippen LogP) is 3.26. The normalized spacial score (nSPS) is 13.1. The van der Waals surface area contributed by atoms with E-state index < -0.39 is 0 Å². The zero-order chi connectivity index (χ0) is 29.5. The fraction of sp³-hybridized carbons (Fsp3) is 0.355. The van der Waals surface area contributed by atoms with E-state index in [1.54, 1.807) is 26.5 Å². The molecule has 2 aromatic carbocycles. The summed E-state index contributed by atoms with van der Waals surface area (Å²) in [5.41, 5.74) is 4.13. The molecule has 4 rings (SSSR count). The molecule has 10 nitrogen and oxygen atoms in total. The Morgan fingerprint density at radius 2 is 1.83 bits per heavy atom. The minimum absolute atomic E-state index is 0.178. The molecule has 1 aliphatic heterocycles. The summed E-state index contributed by atoms with van der Waals surface area (Å²) in [5, 5.41) is 2.91. The second-order valence-corrected chi connectivity index (χ2v) is 10.3. The van der Waals surface area contributed by atoms with Crippen LogP contribution in [0.5, 0.6) is 5.75 Å². The molecule has 1 aromatic heterocycles. The number of nitrogens with zero attached hydrogens (tertiary/aromatic N) is 5. The van der Waals surface area contributed by atoms with E-state index in [0.717, 1.165) is 43.1 Å². The van der Waals surface area contributed by atoms with Gasteiger partial charge in [0.2, 0.25) is 11.7 Å². The highest BCUT2D eigenvalue weighted by atomic mass is 16.5. The summed E-state index contributed by atoms with van der Waals surface area (Å²) in [6, 6.07) is 12.9. The summed E-state index contributed by atoms with van der Waals surface area (Å²) in [7, 11) is 9.31. The third kappa shape index (κ3) is 7.27. The zero-order valence-electron chi connectivity index (χ0n) is 24.4. The lowest BCUT2D eigenvalue weighted by Crippen LogP contribution is -2.51. The monoisotopic (exact) mass is 558 g/mol. The molecule has 0 atom stereocenters. The van der Waals surface area contributed by atoms with Gasteiger partial charge in [-0.3, -0.25) is 9.59 Å². The zero-order valence-corrected chi connectivity index (χ0v) is 24.4. The van der Waals surface area contributed by atoms with Gasteiger partial charge in [-0.2, -0.15) is 0 Å². The van der Waals surface area contributed by atoms with E-state index in [4.69, 9.17) is 9.47 Å². The number of carbonyl (C=O) groups excluding carboxylic acids is 2. The summed E-state index contributed by atoms with van der Waals surface area (Å²) in [6.45, 7) is 6.84. The number of aromatic nitrogens is 2. The van der Waals surface area contributed by atoms with E-state index in [2.05, 4.69) is 36.6 Å². The maximum atomic E-state index is 13.3. The van der Waals surface area contributed by atoms with Crippen molar-refractivity contribution < 1.29 is 19.1 Å². The molecular formula is C31H38N6O4. The van der Waals surface area contributed by atoms with E-state index in [0.29, 0.717) is 34.9 Å². The van der Waals surface area contributed by atoms with Crippen LogP contribution in [0.3, 0.4) is 0 Å². The summed E-state index contributed by atoms with van der Waals surface area (Å²) in [4.78, 5) is 40.9. The molecule has 0 aliphatic carbocycles. The molecule has 216 valence electrons. The Labute approximate surface area is 241 Å². The fourth-order valence-corrected chi connectivity index (χ4v) is 4.56. The summed E-state index contributed by atoms with van der Waals surface area (Å²) in [5.74, 6) is 0.603. The minimum atomic E-state index is -0.314. The third-order valence-corrected chi connectivity index (χ3v) is 7.10. The molecule has 1 fully saturated rings. The molecular weight excluding hydrogens is 520 g/mol. The van der Waals surface area contributed by atoms with E-state index in [1.165, 1.54) is 6.08 Å². The Hall–Kier alpha value is -4.28. The molecule has 1 aliphatic rings. The Kier molecular flexibility index (Phi) is 9.69. The van der Waals surface area contributed by atoms with Crippen LogP contribution in [0.2, 0.25) is 0 Å². The standard InChI is InChI=1S/C31H38N6O4/c1-7-30(38)34-26-16-22(28(41-6)18-27(26)36(4)15-14-35(2)3)17-29-32-13-12-25(33-29)31(39)21-8-10-23(11-9-21)37-19-24(20-37)40-5/h7-13,16,18,24H,1,14-15,17,19-20H2,2-6H3,(H,34,38). The van der Waals surface area contributed by atoms with Gasteiger partial charge in [-0.1, -0.05) is 6.58 Å². The number of likely N-dealkylation sites (N-methyl/N-ethyl adjacent to an activating group) is 2. The lowest BCUT2D eigenvalue weighted by atomic mass is 10.0. The first-order valence-electron chi connectivity index (χ1n) is 13.5. The van der Waals surface area contributed by atoms with Crippen LogP contribution in [0, 0.1) is 0 Å². The van der Waals surface area contributed by atoms with E-state index >= 15 is 0 Å². The molecule has 1 N–H and O–H groups in total. The van der Waals surface area contributed by atoms with Crippen LogP contribution in [-0.2, 0) is 16.0 Å². The molecule has 1 saturated heterocycles. The van der Waals surface area contributed by atoms with Crippen LogP contribution in [0.4, 0.5) is 17.1 Å². The van der Waals surface area contributed by atoms with Crippen LogP contribution in [0.1, 0.15) is 27.4 Å². The Bertz CT molecular complexity index is 1390. The van der Waals surface area contributed by atoms with Crippen molar-refractivity contribution in [2.75, 3.05) is 76.7 Å². The fourth-order valence-electron chi connectivity index (χ4n) is 4.56. The van der Waals surface area contributed by atoms with Crippen LogP contribution in [0.15, 0.2) is 61.3 Å². The van der Waals surface area contributed by atoms with Crippen molar-refractivity contribution in [1.82, 2.24) is 14.9 Å². The highest BCUT2D eigenvalue weighted by Crippen LogP contribution is 2.34. The van der Waals surface area contributed by atoms with Crippen molar-refractivity contribution in [1.29, 1.82) is 0 Å². The molecule has 1 amide bonds. The summed E-state index contributed by atoms with van der Waals surface area (Å²) in [6.07, 6.45) is 3.38. The van der Waals surface area contributed by atoms with Gasteiger partial charge in [-0.25, -0.2) is 9.97 Å². The minimum Gasteiger partial charge on any atom is -0.496 e. The molecule has 0 spiro atoms. The molecule has 0 radical (unpaired) electrons. The highest BCUT2D eigenvalue weighted by Gasteiger charge is 2.26. The number of rotatable bonds is 13. The SMILES string of the molecule is C=CC(=O)Nc1cc(Cc2nccc(C(=O)c3ccc(N4CC(OC)C4)cc3)n2)c(OC)cc1N(C)CCN(C)C. The van der Waals surface area contributed by atoms with Gasteiger partial charge in [0.05, 0.1) is 24.6 Å². The smallest absolute Gasteiger partial charge is 0.247 e. The molecule has 2 heterocycles. The van der Waals surface area contributed by atoms with Crippen LogP contribution < -0.4 is 19.9 Å². The number of methoxy groups -OCH3 is 2. The van der Waals surface area contributed by atoms with Gasteiger partial charge in [0.25, 0.3) is 0 Å². The van der Waals surface area contributed by atoms with Crippen LogP contribution in [0.25, 0.3) is 0 Å². The second kappa shape index (κ2) is 13.4. The maximum absolute atomic E-state index is 13.3. The lowest BCUT2D eigenvalue weighted by molar-refractivity contribution is -0.111. The Morgan fingerprint density at radius 3 is 2.46 bits per heavy atom. The summed E-state index contributed by atoms with van der Waals surface area (Å²) >= 11 is 0. The van der Waals surface area contributed by atoms with Gasteiger partial charge in [0.1, 0.15) is 17.3 Å². The average molecular weight is 559 g/mol. The van der Waals surface area contributed by atoms with Crippen molar-refractivity contribution in [2.45, 2.75) is 12.5 Å². The largest absolute Gasteiger partial charge is 0.496 e. The molecule has 0 unspecified atom stereocenters. The van der Waals surface area contributed by atoms with E-state index in [9.17, 15) is 9.59 Å². The third-order valence-electron chi connectivity index (χ3n) is 7.10. The number of amides is 1. The Balaban J connectivity index is 1.56. The summed E-state index contributed by atoms with van der Waals surface area (Å²) < 4.78 is 11.1. The number of anilines is 3. The van der Waals surface area contributed by atoms with Gasteiger partial charge in [-0.05, 0) is 56.6 Å². The number of ether oxygens (including phenoxy) is 2. The molecule has 0 saturated carbocycles. The van der Waals surface area contributed by atoms with Crippen molar-refractivity contribution in [2.24, 2.45) is 0 Å².